The third-order valence-corrected chi connectivity index (χ3v) is 4.56. The van der Waals surface area contributed by atoms with Gasteiger partial charge in [-0.2, -0.15) is 0 Å². The van der Waals surface area contributed by atoms with Crippen molar-refractivity contribution in [1.82, 2.24) is 15.5 Å². The number of nitrogens with one attached hydrogen (secondary N) is 2. The average molecular weight is 340 g/mol. The van der Waals surface area contributed by atoms with Gasteiger partial charge in [-0.05, 0) is 63.7 Å². The van der Waals surface area contributed by atoms with Crippen LogP contribution in [0.2, 0.25) is 0 Å². The molecule has 0 aliphatic carbocycles. The van der Waals surface area contributed by atoms with Gasteiger partial charge in [0.05, 0.1) is 0 Å². The normalized spacial score (nSPS) is 21.2. The molecule has 0 saturated carbocycles. The van der Waals surface area contributed by atoms with Gasteiger partial charge in [0, 0.05) is 19.5 Å². The van der Waals surface area contributed by atoms with Gasteiger partial charge in [0.25, 0.3) is 0 Å². The maximum atomic E-state index is 11.9. The van der Waals surface area contributed by atoms with E-state index in [2.05, 4.69) is 22.5 Å². The first-order valence-electron chi connectivity index (χ1n) is 7.94. The van der Waals surface area contributed by atoms with Crippen LogP contribution in [0.25, 0.3) is 0 Å². The highest BCUT2D eigenvalue weighted by atomic mass is 35.5. The summed E-state index contributed by atoms with van der Waals surface area (Å²) in [5, 5.41) is 6.43. The zero-order valence-corrected chi connectivity index (χ0v) is 14.7. The SMILES string of the molecule is CC1CCN(CCNC(=O)CC2CCNCC2)CC1.Cl.Cl. The average Bonchev–Trinajstić information content (AvgIpc) is 2.42. The van der Waals surface area contributed by atoms with E-state index in [0.29, 0.717) is 5.92 Å². The number of likely N-dealkylation sites (tertiary alicyclic amines) is 1. The fraction of sp³-hybridized carbons (Fsp3) is 0.933. The topological polar surface area (TPSA) is 44.4 Å². The Morgan fingerprint density at radius 3 is 2.38 bits per heavy atom. The molecule has 2 rings (SSSR count). The van der Waals surface area contributed by atoms with Crippen LogP contribution in [-0.2, 0) is 4.79 Å². The maximum Gasteiger partial charge on any atom is 0.220 e. The van der Waals surface area contributed by atoms with Gasteiger partial charge >= 0.3 is 0 Å². The Kier molecular flexibility index (Phi) is 11.5. The van der Waals surface area contributed by atoms with Gasteiger partial charge in [-0.1, -0.05) is 6.92 Å². The fourth-order valence-electron chi connectivity index (χ4n) is 3.06. The summed E-state index contributed by atoms with van der Waals surface area (Å²) >= 11 is 0. The number of amides is 1. The van der Waals surface area contributed by atoms with Gasteiger partial charge in [0.1, 0.15) is 0 Å². The summed E-state index contributed by atoms with van der Waals surface area (Å²) in [4.78, 5) is 14.3. The first-order chi connectivity index (χ1) is 9.24. The zero-order chi connectivity index (χ0) is 13.5. The van der Waals surface area contributed by atoms with Crippen LogP contribution < -0.4 is 10.6 Å². The Hall–Kier alpha value is -0.0300. The summed E-state index contributed by atoms with van der Waals surface area (Å²) in [6.07, 6.45) is 5.64. The minimum Gasteiger partial charge on any atom is -0.355 e. The molecule has 0 spiro atoms. The molecule has 4 nitrogen and oxygen atoms in total. The lowest BCUT2D eigenvalue weighted by atomic mass is 9.94. The van der Waals surface area contributed by atoms with E-state index < -0.39 is 0 Å². The molecular weight excluding hydrogens is 309 g/mol. The Bertz CT molecular complexity index is 278. The van der Waals surface area contributed by atoms with E-state index in [-0.39, 0.29) is 30.7 Å². The zero-order valence-electron chi connectivity index (χ0n) is 13.1. The molecule has 126 valence electrons. The Morgan fingerprint density at radius 2 is 1.76 bits per heavy atom. The summed E-state index contributed by atoms with van der Waals surface area (Å²) in [6, 6.07) is 0. The molecule has 0 atom stereocenters. The van der Waals surface area contributed by atoms with Crippen LogP contribution in [0, 0.1) is 11.8 Å². The number of piperidine rings is 2. The molecule has 0 bridgehead atoms. The van der Waals surface area contributed by atoms with E-state index in [1.54, 1.807) is 0 Å². The van der Waals surface area contributed by atoms with Crippen LogP contribution in [0.4, 0.5) is 0 Å². The molecule has 0 aromatic carbocycles. The van der Waals surface area contributed by atoms with E-state index in [0.717, 1.165) is 51.4 Å². The molecule has 0 radical (unpaired) electrons. The van der Waals surface area contributed by atoms with Crippen molar-refractivity contribution in [2.75, 3.05) is 39.3 Å². The van der Waals surface area contributed by atoms with Crippen molar-refractivity contribution in [2.45, 2.75) is 39.0 Å². The number of hydrogen-bond acceptors (Lipinski definition) is 3. The van der Waals surface area contributed by atoms with E-state index in [1.807, 2.05) is 0 Å². The van der Waals surface area contributed by atoms with Gasteiger partial charge in [0.2, 0.25) is 5.91 Å². The Balaban J connectivity index is 0.00000200. The maximum absolute atomic E-state index is 11.9. The fourth-order valence-corrected chi connectivity index (χ4v) is 3.06. The van der Waals surface area contributed by atoms with Crippen molar-refractivity contribution in [1.29, 1.82) is 0 Å². The van der Waals surface area contributed by atoms with Crippen LogP contribution in [0.5, 0.6) is 0 Å². The van der Waals surface area contributed by atoms with Crippen molar-refractivity contribution in [3.8, 4) is 0 Å². The number of nitrogens with zero attached hydrogens (tertiary/aromatic N) is 1. The lowest BCUT2D eigenvalue weighted by Crippen LogP contribution is -2.40. The van der Waals surface area contributed by atoms with Crippen molar-refractivity contribution >= 4 is 30.7 Å². The first kappa shape index (κ1) is 21.0. The van der Waals surface area contributed by atoms with Crippen molar-refractivity contribution in [3.63, 3.8) is 0 Å². The van der Waals surface area contributed by atoms with E-state index in [4.69, 9.17) is 0 Å². The van der Waals surface area contributed by atoms with Crippen molar-refractivity contribution < 1.29 is 4.79 Å². The lowest BCUT2D eigenvalue weighted by Gasteiger charge is -2.30. The number of carbonyl (C=O) groups is 1. The van der Waals surface area contributed by atoms with Gasteiger partial charge in [0.15, 0.2) is 0 Å². The van der Waals surface area contributed by atoms with Crippen LogP contribution in [-0.4, -0.2) is 50.1 Å². The largest absolute Gasteiger partial charge is 0.355 e. The molecule has 21 heavy (non-hydrogen) atoms. The molecule has 2 aliphatic heterocycles. The van der Waals surface area contributed by atoms with Crippen molar-refractivity contribution in [3.05, 3.63) is 0 Å². The predicted molar refractivity (Wildman–Crippen MR) is 92.6 cm³/mol. The molecule has 6 heteroatoms. The van der Waals surface area contributed by atoms with E-state index in [1.165, 1.54) is 25.9 Å². The highest BCUT2D eigenvalue weighted by Crippen LogP contribution is 2.16. The summed E-state index contributed by atoms with van der Waals surface area (Å²) in [5.41, 5.74) is 0. The van der Waals surface area contributed by atoms with Crippen LogP contribution in [0.1, 0.15) is 39.0 Å². The molecule has 2 fully saturated rings. The second kappa shape index (κ2) is 11.5. The van der Waals surface area contributed by atoms with Gasteiger partial charge in [-0.15, -0.1) is 24.8 Å². The van der Waals surface area contributed by atoms with Gasteiger partial charge in [-0.25, -0.2) is 0 Å². The van der Waals surface area contributed by atoms with Crippen LogP contribution in [0.3, 0.4) is 0 Å². The van der Waals surface area contributed by atoms with Crippen LogP contribution >= 0.6 is 24.8 Å². The molecule has 0 aromatic heterocycles. The molecule has 1 amide bonds. The predicted octanol–water partition coefficient (Wildman–Crippen LogP) is 2.07. The van der Waals surface area contributed by atoms with Crippen molar-refractivity contribution in [2.24, 2.45) is 11.8 Å². The third-order valence-electron chi connectivity index (χ3n) is 4.56. The van der Waals surface area contributed by atoms with Gasteiger partial charge in [-0.3, -0.25) is 4.79 Å². The minimum absolute atomic E-state index is 0. The summed E-state index contributed by atoms with van der Waals surface area (Å²) in [6.45, 7) is 8.71. The number of hydrogen-bond donors (Lipinski definition) is 2. The summed E-state index contributed by atoms with van der Waals surface area (Å²) < 4.78 is 0. The molecule has 2 heterocycles. The molecule has 0 aromatic rings. The molecule has 0 unspecified atom stereocenters. The smallest absolute Gasteiger partial charge is 0.220 e. The highest BCUT2D eigenvalue weighted by Gasteiger charge is 2.17. The highest BCUT2D eigenvalue weighted by molar-refractivity contribution is 5.85. The Labute approximate surface area is 141 Å². The molecule has 2 N–H and O–H groups in total. The van der Waals surface area contributed by atoms with Crippen LogP contribution in [0.15, 0.2) is 0 Å². The number of rotatable bonds is 5. The van der Waals surface area contributed by atoms with E-state index in [9.17, 15) is 4.79 Å². The molecule has 2 aliphatic rings. The third kappa shape index (κ3) is 8.24. The van der Waals surface area contributed by atoms with Gasteiger partial charge < -0.3 is 15.5 Å². The number of carbonyl (C=O) groups excluding carboxylic acids is 1. The Morgan fingerprint density at radius 1 is 1.14 bits per heavy atom. The lowest BCUT2D eigenvalue weighted by molar-refractivity contribution is -0.122. The second-order valence-electron chi connectivity index (χ2n) is 6.27. The van der Waals surface area contributed by atoms with E-state index >= 15 is 0 Å². The summed E-state index contributed by atoms with van der Waals surface area (Å²) in [5.74, 6) is 1.72. The quantitative estimate of drug-likeness (QED) is 0.805. The number of halogens is 2. The molecule has 2 saturated heterocycles. The monoisotopic (exact) mass is 339 g/mol. The second-order valence-corrected chi connectivity index (χ2v) is 6.27. The summed E-state index contributed by atoms with van der Waals surface area (Å²) in [7, 11) is 0. The molecular formula is C15H31Cl2N3O. The first-order valence-corrected chi connectivity index (χ1v) is 7.94. The minimum atomic E-state index is 0. The standard InChI is InChI=1S/C15H29N3O.2ClH/c1-13-4-9-18(10-5-13)11-8-17-15(19)12-14-2-6-16-7-3-14;;/h13-14,16H,2-12H2,1H3,(H,17,19);2*1H.